The molecule has 108 valence electrons. The van der Waals surface area contributed by atoms with Crippen molar-refractivity contribution in [2.45, 2.75) is 6.42 Å². The number of benzene rings is 1. The lowest BCUT2D eigenvalue weighted by Crippen LogP contribution is -2.37. The summed E-state index contributed by atoms with van der Waals surface area (Å²) in [7, 11) is 1.27. The highest BCUT2D eigenvalue weighted by Crippen LogP contribution is 2.10. The average Bonchev–Trinajstić information content (AvgIpc) is 2.44. The van der Waals surface area contributed by atoms with Gasteiger partial charge in [0.25, 0.3) is 5.91 Å². The highest BCUT2D eigenvalue weighted by atomic mass is 35.5. The van der Waals surface area contributed by atoms with Crippen LogP contribution >= 0.6 is 11.6 Å². The standard InChI is InChI=1S/C13H15ClN2O4/c1-20-12(18)5-6-15-11(17)8-16-13(19)9-3-2-4-10(14)7-9/h2-4,7H,5-6,8H2,1H3,(H,15,17)(H,16,19). The van der Waals surface area contributed by atoms with Crippen LogP contribution in [0.25, 0.3) is 0 Å². The molecular formula is C13H15ClN2O4. The van der Waals surface area contributed by atoms with E-state index in [-0.39, 0.29) is 25.4 Å². The van der Waals surface area contributed by atoms with Gasteiger partial charge in [-0.15, -0.1) is 0 Å². The number of hydrogen-bond acceptors (Lipinski definition) is 4. The Balaban J connectivity index is 2.30. The molecule has 1 aromatic rings. The van der Waals surface area contributed by atoms with Crippen molar-refractivity contribution in [3.63, 3.8) is 0 Å². The highest BCUT2D eigenvalue weighted by Gasteiger charge is 2.08. The van der Waals surface area contributed by atoms with Gasteiger partial charge in [-0.1, -0.05) is 17.7 Å². The Kier molecular flexibility index (Phi) is 6.52. The van der Waals surface area contributed by atoms with Crippen LogP contribution in [-0.4, -0.2) is 38.0 Å². The number of carbonyl (C=O) groups is 3. The zero-order valence-corrected chi connectivity index (χ0v) is 11.7. The average molecular weight is 299 g/mol. The summed E-state index contributed by atoms with van der Waals surface area (Å²) in [5.41, 5.74) is 0.375. The van der Waals surface area contributed by atoms with Crippen molar-refractivity contribution in [3.8, 4) is 0 Å². The second-order valence-electron chi connectivity index (χ2n) is 3.87. The van der Waals surface area contributed by atoms with Crippen LogP contribution in [0.3, 0.4) is 0 Å². The molecule has 0 radical (unpaired) electrons. The quantitative estimate of drug-likeness (QED) is 0.759. The number of carbonyl (C=O) groups excluding carboxylic acids is 3. The molecule has 0 saturated heterocycles. The van der Waals surface area contributed by atoms with Gasteiger partial charge in [0.2, 0.25) is 5.91 Å². The van der Waals surface area contributed by atoms with Gasteiger partial charge in [0, 0.05) is 17.1 Å². The number of rotatable bonds is 6. The minimum Gasteiger partial charge on any atom is -0.469 e. The van der Waals surface area contributed by atoms with E-state index in [0.717, 1.165) is 0 Å². The van der Waals surface area contributed by atoms with Crippen molar-refractivity contribution >= 4 is 29.4 Å². The van der Waals surface area contributed by atoms with Gasteiger partial charge >= 0.3 is 5.97 Å². The van der Waals surface area contributed by atoms with Gasteiger partial charge in [-0.2, -0.15) is 0 Å². The van der Waals surface area contributed by atoms with Gasteiger partial charge in [-0.05, 0) is 18.2 Å². The number of hydrogen-bond donors (Lipinski definition) is 2. The maximum absolute atomic E-state index is 11.7. The van der Waals surface area contributed by atoms with E-state index in [4.69, 9.17) is 11.6 Å². The molecule has 2 amide bonds. The Labute approximate surface area is 121 Å². The van der Waals surface area contributed by atoms with E-state index in [2.05, 4.69) is 15.4 Å². The molecule has 0 fully saturated rings. The Hall–Kier alpha value is -2.08. The fourth-order valence-electron chi connectivity index (χ4n) is 1.36. The fourth-order valence-corrected chi connectivity index (χ4v) is 1.55. The predicted octanol–water partition coefficient (Wildman–Crippen LogP) is 0.749. The number of halogens is 1. The van der Waals surface area contributed by atoms with Crippen molar-refractivity contribution in [3.05, 3.63) is 34.9 Å². The zero-order chi connectivity index (χ0) is 15.0. The van der Waals surface area contributed by atoms with Gasteiger partial charge in [-0.3, -0.25) is 14.4 Å². The first-order valence-electron chi connectivity index (χ1n) is 5.90. The van der Waals surface area contributed by atoms with Gasteiger partial charge in [0.1, 0.15) is 0 Å². The van der Waals surface area contributed by atoms with Crippen LogP contribution in [0.15, 0.2) is 24.3 Å². The molecule has 0 saturated carbocycles. The third-order valence-electron chi connectivity index (χ3n) is 2.38. The van der Waals surface area contributed by atoms with Crippen molar-refractivity contribution in [1.82, 2.24) is 10.6 Å². The molecule has 0 aliphatic rings. The fraction of sp³-hybridized carbons (Fsp3) is 0.308. The van der Waals surface area contributed by atoms with E-state index in [1.54, 1.807) is 18.2 Å². The molecule has 20 heavy (non-hydrogen) atoms. The second-order valence-corrected chi connectivity index (χ2v) is 4.31. The Bertz CT molecular complexity index is 505. The van der Waals surface area contributed by atoms with Gasteiger partial charge in [0.15, 0.2) is 0 Å². The minimum absolute atomic E-state index is 0.0878. The van der Waals surface area contributed by atoms with Crippen LogP contribution in [0.4, 0.5) is 0 Å². The molecule has 6 nitrogen and oxygen atoms in total. The van der Waals surface area contributed by atoms with Crippen molar-refractivity contribution in [2.75, 3.05) is 20.2 Å². The van der Waals surface area contributed by atoms with E-state index >= 15 is 0 Å². The molecule has 0 aliphatic carbocycles. The first-order chi connectivity index (χ1) is 9.52. The summed E-state index contributed by atoms with van der Waals surface area (Å²) in [6.07, 6.45) is 0.0878. The summed E-state index contributed by atoms with van der Waals surface area (Å²) in [5, 5.41) is 5.38. The predicted molar refractivity (Wildman–Crippen MR) is 73.4 cm³/mol. The van der Waals surface area contributed by atoms with E-state index in [1.165, 1.54) is 13.2 Å². The third kappa shape index (κ3) is 5.71. The SMILES string of the molecule is COC(=O)CCNC(=O)CNC(=O)c1cccc(Cl)c1. The van der Waals surface area contributed by atoms with E-state index in [9.17, 15) is 14.4 Å². The molecule has 0 heterocycles. The summed E-state index contributed by atoms with van der Waals surface area (Å²) in [6.45, 7) is -0.00887. The van der Waals surface area contributed by atoms with Crippen molar-refractivity contribution < 1.29 is 19.1 Å². The Morgan fingerprint density at radius 1 is 1.25 bits per heavy atom. The molecule has 2 N–H and O–H groups in total. The minimum atomic E-state index is -0.409. The maximum atomic E-state index is 11.7. The zero-order valence-electron chi connectivity index (χ0n) is 10.9. The summed E-state index contributed by atoms with van der Waals surface area (Å²) in [6, 6.07) is 6.40. The summed E-state index contributed by atoms with van der Waals surface area (Å²) >= 11 is 5.76. The lowest BCUT2D eigenvalue weighted by molar-refractivity contribution is -0.140. The van der Waals surface area contributed by atoms with E-state index < -0.39 is 11.9 Å². The molecule has 0 unspecified atom stereocenters. The Morgan fingerprint density at radius 2 is 2.00 bits per heavy atom. The number of amides is 2. The van der Waals surface area contributed by atoms with Gasteiger partial charge in [-0.25, -0.2) is 0 Å². The molecule has 1 rings (SSSR count). The largest absolute Gasteiger partial charge is 0.469 e. The first kappa shape index (κ1) is 16.0. The Morgan fingerprint density at radius 3 is 2.65 bits per heavy atom. The monoisotopic (exact) mass is 298 g/mol. The van der Waals surface area contributed by atoms with E-state index in [0.29, 0.717) is 10.6 Å². The van der Waals surface area contributed by atoms with Crippen LogP contribution in [0, 0.1) is 0 Å². The third-order valence-corrected chi connectivity index (χ3v) is 2.61. The topological polar surface area (TPSA) is 84.5 Å². The van der Waals surface area contributed by atoms with Crippen LogP contribution in [0.2, 0.25) is 5.02 Å². The molecule has 0 aromatic heterocycles. The smallest absolute Gasteiger partial charge is 0.307 e. The lowest BCUT2D eigenvalue weighted by atomic mass is 10.2. The number of methoxy groups -OCH3 is 1. The first-order valence-corrected chi connectivity index (χ1v) is 6.28. The molecule has 0 spiro atoms. The van der Waals surface area contributed by atoms with Crippen molar-refractivity contribution in [2.24, 2.45) is 0 Å². The highest BCUT2D eigenvalue weighted by molar-refractivity contribution is 6.30. The number of esters is 1. The normalized spacial score (nSPS) is 9.70. The van der Waals surface area contributed by atoms with E-state index in [1.807, 2.05) is 0 Å². The number of ether oxygens (including phenoxy) is 1. The summed E-state index contributed by atoms with van der Waals surface area (Å²) in [5.74, 6) is -1.19. The molecule has 0 aliphatic heterocycles. The molecule has 0 bridgehead atoms. The van der Waals surface area contributed by atoms with Crippen molar-refractivity contribution in [1.29, 1.82) is 0 Å². The second kappa shape index (κ2) is 8.16. The lowest BCUT2D eigenvalue weighted by Gasteiger charge is -2.06. The van der Waals surface area contributed by atoms with Crippen LogP contribution in [0.5, 0.6) is 0 Å². The maximum Gasteiger partial charge on any atom is 0.307 e. The summed E-state index contributed by atoms with van der Waals surface area (Å²) in [4.78, 5) is 33.9. The van der Waals surface area contributed by atoms with Crippen LogP contribution in [0.1, 0.15) is 16.8 Å². The van der Waals surface area contributed by atoms with Gasteiger partial charge < -0.3 is 15.4 Å². The number of nitrogens with one attached hydrogen (secondary N) is 2. The molecular weight excluding hydrogens is 284 g/mol. The molecule has 1 aromatic carbocycles. The molecule has 7 heteroatoms. The molecule has 0 atom stereocenters. The van der Waals surface area contributed by atoms with Gasteiger partial charge in [0.05, 0.1) is 20.1 Å². The summed E-state index contributed by atoms with van der Waals surface area (Å²) < 4.78 is 4.43. The van der Waals surface area contributed by atoms with Crippen LogP contribution in [-0.2, 0) is 14.3 Å². The van der Waals surface area contributed by atoms with Crippen LogP contribution < -0.4 is 10.6 Å².